The Labute approximate surface area is 170 Å². The summed E-state index contributed by atoms with van der Waals surface area (Å²) >= 11 is 0. The average molecular weight is 390 g/mol. The van der Waals surface area contributed by atoms with Crippen molar-refractivity contribution in [3.63, 3.8) is 0 Å². The van der Waals surface area contributed by atoms with Gasteiger partial charge in [0.2, 0.25) is 5.91 Å². The molecule has 4 rings (SSSR count). The fourth-order valence-electron chi connectivity index (χ4n) is 3.79. The lowest BCUT2D eigenvalue weighted by Gasteiger charge is -2.22. The van der Waals surface area contributed by atoms with E-state index in [4.69, 9.17) is 9.72 Å². The van der Waals surface area contributed by atoms with Gasteiger partial charge in [-0.15, -0.1) is 0 Å². The fraction of sp³-hybridized carbons (Fsp3) is 0.304. The van der Waals surface area contributed by atoms with Crippen LogP contribution >= 0.6 is 0 Å². The van der Waals surface area contributed by atoms with Crippen LogP contribution in [0.15, 0.2) is 54.7 Å². The third-order valence-corrected chi connectivity index (χ3v) is 5.38. The van der Waals surface area contributed by atoms with Crippen molar-refractivity contribution in [1.29, 1.82) is 0 Å². The Bertz CT molecular complexity index is 1170. The molecule has 2 heterocycles. The largest absolute Gasteiger partial charge is 0.497 e. The maximum absolute atomic E-state index is 12.9. The zero-order valence-corrected chi connectivity index (χ0v) is 17.2. The maximum atomic E-state index is 12.9. The Morgan fingerprint density at radius 3 is 2.66 bits per heavy atom. The Balaban J connectivity index is 1.57. The zero-order chi connectivity index (χ0) is 20.5. The molecule has 0 saturated heterocycles. The molecule has 6 heteroatoms. The van der Waals surface area contributed by atoms with Crippen LogP contribution in [0.5, 0.6) is 5.75 Å². The van der Waals surface area contributed by atoms with Crippen molar-refractivity contribution >= 4 is 27.8 Å². The summed E-state index contributed by atoms with van der Waals surface area (Å²) in [5.41, 5.74) is 3.01. The highest BCUT2D eigenvalue weighted by atomic mass is 16.5. The number of amides is 1. The highest BCUT2D eigenvalue weighted by molar-refractivity contribution is 5.84. The molecule has 0 fully saturated rings. The number of rotatable bonds is 6. The molecule has 150 valence electrons. The lowest BCUT2D eigenvalue weighted by Crippen LogP contribution is -2.35. The number of hydrogen-bond acceptors (Lipinski definition) is 3. The topological polar surface area (TPSA) is 61.1 Å². The van der Waals surface area contributed by atoms with Crippen molar-refractivity contribution < 1.29 is 9.53 Å². The van der Waals surface area contributed by atoms with Gasteiger partial charge in [-0.3, -0.25) is 4.79 Å². The number of benzene rings is 2. The molecule has 1 amide bonds. The third kappa shape index (κ3) is 3.58. The van der Waals surface area contributed by atoms with Crippen LogP contribution in [0.2, 0.25) is 0 Å². The standard InChI is InChI=1S/C23H26N4O2/c1-15(2)22(23-24-18-7-5-6-8-20(18)26(23)3)25-21(28)14-27-12-11-16-13-17(29-4)9-10-19(16)27/h5-13,15,22H,14H2,1-4H3,(H,25,28)/t22-/m1/s1. The Kier molecular flexibility index (Phi) is 5.01. The number of para-hydroxylation sites is 2. The number of nitrogens with zero attached hydrogens (tertiary/aromatic N) is 3. The number of carbonyl (C=O) groups excluding carboxylic acids is 1. The van der Waals surface area contributed by atoms with E-state index in [-0.39, 0.29) is 24.4 Å². The van der Waals surface area contributed by atoms with Crippen LogP contribution in [-0.2, 0) is 18.4 Å². The lowest BCUT2D eigenvalue weighted by molar-refractivity contribution is -0.122. The molecular weight excluding hydrogens is 364 g/mol. The minimum absolute atomic E-state index is 0.0379. The van der Waals surface area contributed by atoms with E-state index in [1.807, 2.05) is 66.3 Å². The molecule has 0 bridgehead atoms. The Hall–Kier alpha value is -3.28. The second kappa shape index (κ2) is 7.62. The predicted octanol–water partition coefficient (Wildman–Crippen LogP) is 4.05. The molecule has 0 aliphatic carbocycles. The summed E-state index contributed by atoms with van der Waals surface area (Å²) in [7, 11) is 3.65. The second-order valence-electron chi connectivity index (χ2n) is 7.68. The van der Waals surface area contributed by atoms with E-state index in [9.17, 15) is 4.79 Å². The molecule has 1 N–H and O–H groups in total. The minimum atomic E-state index is -0.165. The molecule has 6 nitrogen and oxygen atoms in total. The number of fused-ring (bicyclic) bond motifs is 2. The van der Waals surface area contributed by atoms with Gasteiger partial charge in [0.15, 0.2) is 0 Å². The summed E-state index contributed by atoms with van der Waals surface area (Å²) < 4.78 is 9.30. The minimum Gasteiger partial charge on any atom is -0.497 e. The van der Waals surface area contributed by atoms with Gasteiger partial charge in [-0.25, -0.2) is 4.98 Å². The number of methoxy groups -OCH3 is 1. The number of aryl methyl sites for hydroxylation is 1. The first kappa shape index (κ1) is 19.1. The van der Waals surface area contributed by atoms with Crippen molar-refractivity contribution in [3.05, 3.63) is 60.6 Å². The van der Waals surface area contributed by atoms with Gasteiger partial charge >= 0.3 is 0 Å². The van der Waals surface area contributed by atoms with Crippen LogP contribution in [-0.4, -0.2) is 27.1 Å². The van der Waals surface area contributed by atoms with E-state index in [0.29, 0.717) is 0 Å². The van der Waals surface area contributed by atoms with Crippen molar-refractivity contribution in [3.8, 4) is 5.75 Å². The smallest absolute Gasteiger partial charge is 0.240 e. The van der Waals surface area contributed by atoms with Crippen molar-refractivity contribution in [2.24, 2.45) is 13.0 Å². The second-order valence-corrected chi connectivity index (χ2v) is 7.68. The van der Waals surface area contributed by atoms with Crippen molar-refractivity contribution in [1.82, 2.24) is 19.4 Å². The molecule has 2 aromatic carbocycles. The quantitative estimate of drug-likeness (QED) is 0.540. The third-order valence-electron chi connectivity index (χ3n) is 5.38. The number of nitrogens with one attached hydrogen (secondary N) is 1. The van der Waals surface area contributed by atoms with Gasteiger partial charge in [-0.2, -0.15) is 0 Å². The molecule has 0 spiro atoms. The van der Waals surface area contributed by atoms with E-state index in [0.717, 1.165) is 33.5 Å². The number of hydrogen-bond donors (Lipinski definition) is 1. The van der Waals surface area contributed by atoms with Gasteiger partial charge in [-0.1, -0.05) is 26.0 Å². The molecule has 0 unspecified atom stereocenters. The number of imidazole rings is 1. The summed E-state index contributed by atoms with van der Waals surface area (Å²) in [5, 5.41) is 4.24. The maximum Gasteiger partial charge on any atom is 0.240 e. The molecule has 4 aromatic rings. The highest BCUT2D eigenvalue weighted by Crippen LogP contribution is 2.25. The van der Waals surface area contributed by atoms with Crippen LogP contribution in [0.4, 0.5) is 0 Å². The lowest BCUT2D eigenvalue weighted by atomic mass is 10.0. The van der Waals surface area contributed by atoms with E-state index < -0.39 is 0 Å². The van der Waals surface area contributed by atoms with E-state index in [2.05, 4.69) is 23.7 Å². The van der Waals surface area contributed by atoms with Gasteiger partial charge in [0.25, 0.3) is 0 Å². The van der Waals surface area contributed by atoms with Crippen LogP contribution in [0, 0.1) is 5.92 Å². The molecule has 0 aliphatic heterocycles. The highest BCUT2D eigenvalue weighted by Gasteiger charge is 2.24. The monoisotopic (exact) mass is 390 g/mol. The van der Waals surface area contributed by atoms with Crippen LogP contribution < -0.4 is 10.1 Å². The number of carbonyl (C=O) groups is 1. The summed E-state index contributed by atoms with van der Waals surface area (Å²) in [6.07, 6.45) is 1.93. The average Bonchev–Trinajstić information content (AvgIpc) is 3.26. The summed E-state index contributed by atoms with van der Waals surface area (Å²) in [6.45, 7) is 4.45. The number of ether oxygens (including phenoxy) is 1. The van der Waals surface area contributed by atoms with E-state index >= 15 is 0 Å². The molecular formula is C23H26N4O2. The van der Waals surface area contributed by atoms with E-state index in [1.165, 1.54) is 0 Å². The van der Waals surface area contributed by atoms with Crippen molar-refractivity contribution in [2.45, 2.75) is 26.4 Å². The predicted molar refractivity (Wildman–Crippen MR) is 115 cm³/mol. The van der Waals surface area contributed by atoms with Crippen LogP contribution in [0.25, 0.3) is 21.9 Å². The summed E-state index contributed by atoms with van der Waals surface area (Å²) in [5.74, 6) is 1.85. The SMILES string of the molecule is COc1ccc2c(ccn2CC(=O)N[C@@H](c2nc3ccccc3n2C)C(C)C)c1. The molecule has 0 aliphatic rings. The fourth-order valence-corrected chi connectivity index (χ4v) is 3.79. The van der Waals surface area contributed by atoms with Gasteiger partial charge in [0, 0.05) is 24.1 Å². The first-order valence-electron chi connectivity index (χ1n) is 9.81. The van der Waals surface area contributed by atoms with E-state index in [1.54, 1.807) is 7.11 Å². The first-order chi connectivity index (χ1) is 14.0. The normalized spacial score (nSPS) is 12.6. The molecule has 29 heavy (non-hydrogen) atoms. The van der Waals surface area contributed by atoms with Crippen LogP contribution in [0.3, 0.4) is 0 Å². The molecule has 1 atom stereocenters. The Morgan fingerprint density at radius 2 is 1.93 bits per heavy atom. The Morgan fingerprint density at radius 1 is 1.14 bits per heavy atom. The molecule has 0 saturated carbocycles. The number of aromatic nitrogens is 3. The van der Waals surface area contributed by atoms with Gasteiger partial charge in [0.1, 0.15) is 18.1 Å². The van der Waals surface area contributed by atoms with Crippen LogP contribution in [0.1, 0.15) is 25.7 Å². The first-order valence-corrected chi connectivity index (χ1v) is 9.81. The van der Waals surface area contributed by atoms with Gasteiger partial charge in [-0.05, 0) is 42.3 Å². The molecule has 0 radical (unpaired) electrons. The summed E-state index contributed by atoms with van der Waals surface area (Å²) in [4.78, 5) is 17.7. The zero-order valence-electron chi connectivity index (χ0n) is 17.2. The van der Waals surface area contributed by atoms with Gasteiger partial charge < -0.3 is 19.2 Å². The molecule has 2 aromatic heterocycles. The summed E-state index contributed by atoms with van der Waals surface area (Å²) in [6, 6.07) is 15.7. The van der Waals surface area contributed by atoms with Crippen molar-refractivity contribution in [2.75, 3.05) is 7.11 Å². The van der Waals surface area contributed by atoms with Gasteiger partial charge in [0.05, 0.1) is 24.2 Å².